The molecule has 0 atom stereocenters. The fraction of sp³-hybridized carbons (Fsp3) is 0.0667. The van der Waals surface area contributed by atoms with Crippen LogP contribution in [0.4, 0.5) is 5.69 Å². The molecule has 0 saturated carbocycles. The number of rotatable bonds is 5. The minimum absolute atomic E-state index is 0.187. The summed E-state index contributed by atoms with van der Waals surface area (Å²) in [4.78, 5) is 22.4. The maximum absolute atomic E-state index is 11.7. The van der Waals surface area contributed by atoms with E-state index >= 15 is 0 Å². The van der Waals surface area contributed by atoms with Crippen LogP contribution in [-0.2, 0) is 16.0 Å². The van der Waals surface area contributed by atoms with Gasteiger partial charge in [-0.05, 0) is 35.9 Å². The summed E-state index contributed by atoms with van der Waals surface area (Å²) < 4.78 is 5.08. The van der Waals surface area contributed by atoms with E-state index in [-0.39, 0.29) is 18.2 Å². The number of benzene rings is 1. The largest absolute Gasteiger partial charge is 0.465 e. The monoisotopic (exact) mass is 270 g/mol. The summed E-state index contributed by atoms with van der Waals surface area (Å²) in [5, 5.41) is 2.70. The maximum Gasteiger partial charge on any atom is 0.248 e. The second kappa shape index (κ2) is 6.38. The molecule has 20 heavy (non-hydrogen) atoms. The summed E-state index contributed by atoms with van der Waals surface area (Å²) >= 11 is 0. The van der Waals surface area contributed by atoms with Crippen LogP contribution < -0.4 is 11.1 Å². The standard InChI is InChI=1S/C15H14N2O3/c16-14(18)10-11-3-5-12(6-4-11)17-15(19)8-7-13-2-1-9-20-13/h1-9H,10H2,(H2,16,18)(H,17,19)/b8-7+. The van der Waals surface area contributed by atoms with E-state index in [0.29, 0.717) is 11.4 Å². The summed E-state index contributed by atoms with van der Waals surface area (Å²) in [6.45, 7) is 0. The zero-order valence-electron chi connectivity index (χ0n) is 10.7. The third-order valence-corrected chi connectivity index (χ3v) is 2.54. The molecule has 0 bridgehead atoms. The van der Waals surface area contributed by atoms with Crippen LogP contribution in [0.25, 0.3) is 6.08 Å². The summed E-state index contributed by atoms with van der Waals surface area (Å²) in [5.74, 6) is -0.0378. The van der Waals surface area contributed by atoms with Gasteiger partial charge in [0.05, 0.1) is 12.7 Å². The van der Waals surface area contributed by atoms with Gasteiger partial charge in [0.2, 0.25) is 11.8 Å². The minimum atomic E-state index is -0.386. The van der Waals surface area contributed by atoms with Gasteiger partial charge in [-0.2, -0.15) is 0 Å². The molecule has 2 rings (SSSR count). The first-order valence-electron chi connectivity index (χ1n) is 6.03. The van der Waals surface area contributed by atoms with Crippen molar-refractivity contribution in [3.63, 3.8) is 0 Å². The molecule has 102 valence electrons. The van der Waals surface area contributed by atoms with Gasteiger partial charge >= 0.3 is 0 Å². The van der Waals surface area contributed by atoms with Crippen LogP contribution in [0, 0.1) is 0 Å². The molecule has 0 radical (unpaired) electrons. The number of nitrogens with two attached hydrogens (primary N) is 1. The average molecular weight is 270 g/mol. The summed E-state index contributed by atoms with van der Waals surface area (Å²) in [6, 6.07) is 10.4. The van der Waals surface area contributed by atoms with Gasteiger partial charge in [-0.25, -0.2) is 0 Å². The molecule has 1 aromatic heterocycles. The molecule has 2 aromatic rings. The van der Waals surface area contributed by atoms with Crippen molar-refractivity contribution in [2.45, 2.75) is 6.42 Å². The molecular weight excluding hydrogens is 256 g/mol. The van der Waals surface area contributed by atoms with Crippen LogP contribution >= 0.6 is 0 Å². The van der Waals surface area contributed by atoms with Crippen LogP contribution in [0.3, 0.4) is 0 Å². The topological polar surface area (TPSA) is 85.3 Å². The van der Waals surface area contributed by atoms with Gasteiger partial charge in [0.1, 0.15) is 5.76 Å². The molecule has 1 heterocycles. The number of hydrogen-bond acceptors (Lipinski definition) is 3. The van der Waals surface area contributed by atoms with E-state index in [2.05, 4.69) is 5.32 Å². The first-order chi connectivity index (χ1) is 9.63. The molecule has 2 amide bonds. The van der Waals surface area contributed by atoms with Gasteiger partial charge in [0, 0.05) is 11.8 Å². The van der Waals surface area contributed by atoms with Gasteiger partial charge in [-0.15, -0.1) is 0 Å². The molecular formula is C15H14N2O3. The third kappa shape index (κ3) is 4.13. The SMILES string of the molecule is NC(=O)Cc1ccc(NC(=O)/C=C/c2ccco2)cc1. The molecule has 3 N–H and O–H groups in total. The highest BCUT2D eigenvalue weighted by Crippen LogP contribution is 2.10. The van der Waals surface area contributed by atoms with Crippen LogP contribution in [-0.4, -0.2) is 11.8 Å². The lowest BCUT2D eigenvalue weighted by Crippen LogP contribution is -2.13. The van der Waals surface area contributed by atoms with E-state index in [9.17, 15) is 9.59 Å². The number of primary amides is 1. The number of carbonyl (C=O) groups excluding carboxylic acids is 2. The highest BCUT2D eigenvalue weighted by atomic mass is 16.3. The Morgan fingerprint density at radius 3 is 2.55 bits per heavy atom. The molecule has 0 spiro atoms. The number of carbonyl (C=O) groups is 2. The third-order valence-electron chi connectivity index (χ3n) is 2.54. The van der Waals surface area contributed by atoms with Gasteiger partial charge < -0.3 is 15.5 Å². The molecule has 5 heteroatoms. The predicted octanol–water partition coefficient (Wildman–Crippen LogP) is 1.96. The van der Waals surface area contributed by atoms with Crippen molar-refractivity contribution in [3.05, 3.63) is 60.1 Å². The Morgan fingerprint density at radius 1 is 1.20 bits per heavy atom. The highest BCUT2D eigenvalue weighted by molar-refractivity contribution is 6.01. The van der Waals surface area contributed by atoms with Crippen LogP contribution in [0.2, 0.25) is 0 Å². The highest BCUT2D eigenvalue weighted by Gasteiger charge is 2.01. The van der Waals surface area contributed by atoms with Gasteiger partial charge in [0.15, 0.2) is 0 Å². The molecule has 0 aliphatic rings. The van der Waals surface area contributed by atoms with Crippen LogP contribution in [0.5, 0.6) is 0 Å². The number of nitrogens with one attached hydrogen (secondary N) is 1. The molecule has 1 aromatic carbocycles. The Morgan fingerprint density at radius 2 is 1.95 bits per heavy atom. The number of amides is 2. The van der Waals surface area contributed by atoms with Crippen LogP contribution in [0.15, 0.2) is 53.2 Å². The maximum atomic E-state index is 11.7. The van der Waals surface area contributed by atoms with E-state index in [0.717, 1.165) is 5.56 Å². The first-order valence-corrected chi connectivity index (χ1v) is 6.03. The van der Waals surface area contributed by atoms with Gasteiger partial charge in [-0.3, -0.25) is 9.59 Å². The lowest BCUT2D eigenvalue weighted by molar-refractivity contribution is -0.117. The molecule has 0 aliphatic carbocycles. The zero-order valence-corrected chi connectivity index (χ0v) is 10.7. The normalized spacial score (nSPS) is 10.6. The summed E-state index contributed by atoms with van der Waals surface area (Å²) in [6.07, 6.45) is 4.69. The van der Waals surface area contributed by atoms with Gasteiger partial charge in [-0.1, -0.05) is 12.1 Å². The van der Waals surface area contributed by atoms with Crippen molar-refractivity contribution in [2.24, 2.45) is 5.73 Å². The second-order valence-corrected chi connectivity index (χ2v) is 4.18. The van der Waals surface area contributed by atoms with Crippen molar-refractivity contribution < 1.29 is 14.0 Å². The minimum Gasteiger partial charge on any atom is -0.465 e. The fourth-order valence-electron chi connectivity index (χ4n) is 1.63. The Bertz CT molecular complexity index is 613. The van der Waals surface area contributed by atoms with Crippen LogP contribution in [0.1, 0.15) is 11.3 Å². The molecule has 5 nitrogen and oxygen atoms in total. The second-order valence-electron chi connectivity index (χ2n) is 4.18. The van der Waals surface area contributed by atoms with E-state index < -0.39 is 0 Å². The Hall–Kier alpha value is -2.82. The van der Waals surface area contributed by atoms with E-state index in [1.807, 2.05) is 0 Å². The average Bonchev–Trinajstić information content (AvgIpc) is 2.91. The molecule has 0 unspecified atom stereocenters. The van der Waals surface area contributed by atoms with E-state index in [4.69, 9.17) is 10.2 Å². The van der Waals surface area contributed by atoms with Crippen molar-refractivity contribution in [3.8, 4) is 0 Å². The molecule has 0 aliphatic heterocycles. The Labute approximate surface area is 116 Å². The lowest BCUT2D eigenvalue weighted by atomic mass is 10.1. The first kappa shape index (κ1) is 13.6. The summed E-state index contributed by atoms with van der Waals surface area (Å²) in [5.41, 5.74) is 6.56. The number of anilines is 1. The van der Waals surface area contributed by atoms with E-state index in [1.54, 1.807) is 42.5 Å². The molecule has 0 saturated heterocycles. The Kier molecular flexibility index (Phi) is 4.34. The summed E-state index contributed by atoms with van der Waals surface area (Å²) in [7, 11) is 0. The van der Waals surface area contributed by atoms with Crippen molar-refractivity contribution in [2.75, 3.05) is 5.32 Å². The quantitative estimate of drug-likeness (QED) is 0.814. The fourth-order valence-corrected chi connectivity index (χ4v) is 1.63. The van der Waals surface area contributed by atoms with Gasteiger partial charge in [0.25, 0.3) is 0 Å². The van der Waals surface area contributed by atoms with Crippen molar-refractivity contribution >= 4 is 23.6 Å². The number of furan rings is 1. The predicted molar refractivity (Wildman–Crippen MR) is 75.7 cm³/mol. The number of hydrogen-bond donors (Lipinski definition) is 2. The van der Waals surface area contributed by atoms with Crippen molar-refractivity contribution in [1.29, 1.82) is 0 Å². The molecule has 0 fully saturated rings. The Balaban J connectivity index is 1.92. The smallest absolute Gasteiger partial charge is 0.248 e. The lowest BCUT2D eigenvalue weighted by Gasteiger charge is -2.03. The zero-order chi connectivity index (χ0) is 14.4. The van der Waals surface area contributed by atoms with Crippen molar-refractivity contribution in [1.82, 2.24) is 0 Å². The van der Waals surface area contributed by atoms with E-state index in [1.165, 1.54) is 12.3 Å².